The Morgan fingerprint density at radius 3 is 0.935 bits per heavy atom. The van der Waals surface area contributed by atoms with E-state index in [4.69, 9.17) is 7.73 Å². The van der Waals surface area contributed by atoms with Crippen LogP contribution in [-0.2, 0) is 22.4 Å². The van der Waals surface area contributed by atoms with Crippen molar-refractivity contribution in [3.63, 3.8) is 0 Å². The van der Waals surface area contributed by atoms with Gasteiger partial charge in [0.15, 0.2) is 0 Å². The van der Waals surface area contributed by atoms with Crippen molar-refractivity contribution in [3.05, 3.63) is 112 Å². The first-order valence-corrected chi connectivity index (χ1v) is 60.8. The third-order valence-corrected chi connectivity index (χ3v) is 34.8. The van der Waals surface area contributed by atoms with Gasteiger partial charge in [-0.3, -0.25) is 9.59 Å². The minimum absolute atomic E-state index is 0.0587. The molecule has 1 radical (unpaired) electrons. The van der Waals surface area contributed by atoms with E-state index in [2.05, 4.69) is 149 Å². The van der Waals surface area contributed by atoms with E-state index >= 15 is 9.59 Å². The highest BCUT2D eigenvalue weighted by atomic mass is 32.4. The Labute approximate surface area is 803 Å². The predicted molar refractivity (Wildman–Crippen MR) is 581 cm³/mol. The number of hydrogen-bond donors (Lipinski definition) is 0. The first kappa shape index (κ1) is 98.8. The minimum Gasteiger partial charge on any atom is -0.306 e. The summed E-state index contributed by atoms with van der Waals surface area (Å²) in [5.74, 6) is 0.940. The molecule has 17 heteroatoms. The molecule has 4 atom stereocenters. The summed E-state index contributed by atoms with van der Waals surface area (Å²) in [6.07, 6.45) is 77.5. The molecule has 10 rings (SSSR count). The lowest BCUT2D eigenvalue weighted by atomic mass is 9.93. The third kappa shape index (κ3) is 38.8. The number of nitrogens with zero attached hydrogens (tertiary/aromatic N) is 2. The number of amides is 2. The summed E-state index contributed by atoms with van der Waals surface area (Å²) in [5.41, 5.74) is 6.34. The molecular formula is C106H170BN2O2P4S8. The second-order valence-corrected chi connectivity index (χ2v) is 48.6. The van der Waals surface area contributed by atoms with Crippen LogP contribution in [0.15, 0.2) is 71.8 Å². The standard InChI is InChI=1S/C62H94N2O2S4.C44H68S4.BH3P.H5P3/c1-7-11-15-19-23-25-29-33-37-49(35-31-27-21-17-13-9-3)45-63-59(52-40-39-47(5)67-52)57-58(62(63)66)60(53-42-41-51(69-53)55-44-56-54(70-55)43-48(6)68-56)64(61(57)65)46-50(36-32-28-22-18-14-10-4)38-34-30-26-24-20-16-12-8-2;1-5-7-9-11-13-15-17-19-21-23-25-27-29-37-31-35(3)45-43(37)41-33-39-40(47-41)34-42(48-39)44-38(32-36(4)46-44)30-28-26-24-22-20-18-16-14-12-10-8-6-2;1-2;1-3-2/h39-44,49-50H,7-38,45-46H2,1-6H3;31-34H,5-30H2,1-4H3;1H,2H2;3H,1-2H2/i;;1T,2T2;1T2,3D. The molecule has 0 bridgehead atoms. The van der Waals surface area contributed by atoms with Crippen LogP contribution in [0.25, 0.3) is 59.5 Å². The van der Waals surface area contributed by atoms with E-state index in [0.717, 1.165) is 54.4 Å². The van der Waals surface area contributed by atoms with Crippen molar-refractivity contribution < 1.29 is 9.59 Å². The summed E-state index contributed by atoms with van der Waals surface area (Å²) in [4.78, 5) is 51.9. The Morgan fingerprint density at radius 1 is 0.341 bits per heavy atom. The van der Waals surface area contributed by atoms with Crippen LogP contribution in [0.5, 0.6) is 0 Å². The molecule has 10 heterocycles. The van der Waals surface area contributed by atoms with Crippen molar-refractivity contribution in [1.82, 2.24) is 9.80 Å². The van der Waals surface area contributed by atoms with Gasteiger partial charge in [-0.15, -0.1) is 108 Å². The van der Waals surface area contributed by atoms with E-state index in [1.54, 1.807) is 43.6 Å². The van der Waals surface area contributed by atoms with E-state index < -0.39 is 25.7 Å². The average molecular weight is 1910 g/mol. The quantitative estimate of drug-likeness (QED) is 0.0217. The zero-order valence-corrected chi connectivity index (χ0v) is 89.2. The molecule has 0 saturated heterocycles. The van der Waals surface area contributed by atoms with Gasteiger partial charge in [-0.25, -0.2) is 0 Å². The molecule has 0 aliphatic carbocycles. The molecule has 0 spiro atoms. The van der Waals surface area contributed by atoms with Gasteiger partial charge in [0.2, 0.25) is 0 Å². The van der Waals surface area contributed by atoms with Gasteiger partial charge < -0.3 is 9.80 Å². The largest absolute Gasteiger partial charge is 0.306 e. The second kappa shape index (κ2) is 65.8. The lowest BCUT2D eigenvalue weighted by Gasteiger charge is -2.29. The highest BCUT2D eigenvalue weighted by Crippen LogP contribution is 2.53. The molecule has 0 N–H and O–H groups in total. The van der Waals surface area contributed by atoms with Crippen LogP contribution < -0.4 is 0 Å². The van der Waals surface area contributed by atoms with Gasteiger partial charge in [-0.1, -0.05) is 370 Å². The fourth-order valence-electron chi connectivity index (χ4n) is 18.5. The molecule has 687 valence electrons. The van der Waals surface area contributed by atoms with Crippen molar-refractivity contribution in [3.8, 4) is 29.3 Å². The summed E-state index contributed by atoms with van der Waals surface area (Å²) in [5, 5.41) is 0. The first-order valence-electron chi connectivity index (χ1n) is 52.9. The van der Waals surface area contributed by atoms with Gasteiger partial charge >= 0.3 is 0 Å². The number of unbranched alkanes of at least 4 members (excludes halogenated alkanes) is 46. The number of rotatable bonds is 69. The first-order chi connectivity index (χ1) is 62.8. The SMILES string of the molecule is CCCCCCCCCCC(CCCCCCCC)CN1C(=O)C2=C(c3ccc(-c4cc5sc(C)cc5s4)s3)N(CC(CCCCCCCC)CCCCCCCCCC)C(=O)C2=C1c1ccc(C)s1.CCCCCCCCCCCCCCc1cc(C)sc1-c1cc2sc(-c3sc(C)cc3CCCCCCCCCCCCCC)cc2s1.[2H]P(P)P([3H])[3H].[3H][B]P([3H])[3H]. The van der Waals surface area contributed by atoms with Crippen LogP contribution in [-0.4, -0.2) is 50.0 Å². The van der Waals surface area contributed by atoms with Crippen LogP contribution in [0, 0.1) is 39.5 Å². The Kier molecular flexibility index (Phi) is 52.9. The van der Waals surface area contributed by atoms with Gasteiger partial charge in [0.1, 0.15) is 7.53 Å². The molecule has 4 nitrogen and oxygen atoms in total. The smallest absolute Gasteiger partial charge is 0.261 e. The molecule has 0 fully saturated rings. The Bertz CT molecular complexity index is 4200. The van der Waals surface area contributed by atoms with E-state index in [1.807, 2.05) is 68.0 Å². The molecule has 2 amide bonds. The lowest BCUT2D eigenvalue weighted by molar-refractivity contribution is -0.124. The second-order valence-electron chi connectivity index (χ2n) is 36.2. The van der Waals surface area contributed by atoms with Crippen molar-refractivity contribution in [2.24, 2.45) is 11.8 Å². The highest BCUT2D eigenvalue weighted by molar-refractivity contribution is 8.33. The molecule has 8 aromatic heterocycles. The Balaban J connectivity index is 0.000000333. The van der Waals surface area contributed by atoms with Crippen molar-refractivity contribution >= 4 is 175 Å². The number of aryl methyl sites for hydroxylation is 6. The third-order valence-electron chi connectivity index (χ3n) is 25.4. The van der Waals surface area contributed by atoms with Crippen LogP contribution in [0.1, 0.15) is 441 Å². The topological polar surface area (TPSA) is 40.6 Å². The number of fused-ring (bicyclic) bond motifs is 3. The average Bonchev–Trinajstić information content (AvgIpc) is 1.55. The van der Waals surface area contributed by atoms with Crippen molar-refractivity contribution in [2.45, 2.75) is 442 Å². The van der Waals surface area contributed by atoms with Crippen molar-refractivity contribution in [2.75, 3.05) is 13.1 Å². The van der Waals surface area contributed by atoms with Crippen LogP contribution in [0.4, 0.5) is 0 Å². The molecular weight excluding hydrogens is 1720 g/mol. The highest BCUT2D eigenvalue weighted by Gasteiger charge is 2.50. The molecule has 4 unspecified atom stereocenters. The van der Waals surface area contributed by atoms with Crippen molar-refractivity contribution in [1.29, 1.82) is 7.73 Å². The molecule has 2 aliphatic heterocycles. The maximum Gasteiger partial charge on any atom is 0.261 e. The number of carbonyl (C=O) groups is 2. The Morgan fingerprint density at radius 2 is 0.618 bits per heavy atom. The van der Waals surface area contributed by atoms with E-state index in [0.29, 0.717) is 36.1 Å². The fraction of sp³-hybridized carbons (Fsp3) is 0.679. The summed E-state index contributed by atoms with van der Waals surface area (Å²) < 4.78 is 44.3. The molecule has 8 aromatic rings. The van der Waals surface area contributed by atoms with Gasteiger partial charge in [0.25, 0.3) is 11.8 Å². The van der Waals surface area contributed by atoms with Gasteiger partial charge in [0.05, 0.1) is 36.1 Å². The van der Waals surface area contributed by atoms with Gasteiger partial charge in [-0.05, 0) is 164 Å². The van der Waals surface area contributed by atoms with Crippen LogP contribution in [0.3, 0.4) is 0 Å². The van der Waals surface area contributed by atoms with Crippen LogP contribution >= 0.6 is 125 Å². The zero-order valence-electron chi connectivity index (χ0n) is 84.8. The minimum atomic E-state index is -1.56. The van der Waals surface area contributed by atoms with Gasteiger partial charge in [-0.2, -0.15) is 9.01 Å². The number of carbonyl (C=O) groups excluding carboxylic acids is 2. The summed E-state index contributed by atoms with van der Waals surface area (Å²) in [7, 11) is -1.14. The predicted octanol–water partition coefficient (Wildman–Crippen LogP) is 39.4. The molecule has 2 aliphatic rings. The lowest BCUT2D eigenvalue weighted by Crippen LogP contribution is -2.34. The summed E-state index contributed by atoms with van der Waals surface area (Å²) in [6, 6.07) is 23.5. The maximum atomic E-state index is 15.7. The van der Waals surface area contributed by atoms with E-state index in [-0.39, 0.29) is 11.8 Å². The fourth-order valence-corrected chi connectivity index (χ4v) is 27.7. The van der Waals surface area contributed by atoms with E-state index in [9.17, 15) is 0 Å². The molecule has 0 saturated carbocycles. The normalized spacial score (nSPS) is 14.3. The monoisotopic (exact) mass is 1910 g/mol. The maximum absolute atomic E-state index is 15.7. The zero-order chi connectivity index (χ0) is 92.8. The summed E-state index contributed by atoms with van der Waals surface area (Å²) in [6.45, 7) is 24.1. The molecule has 123 heavy (non-hydrogen) atoms. The van der Waals surface area contributed by atoms with E-state index in [1.165, 1.54) is 405 Å². The molecule has 0 aromatic carbocycles. The number of thiophene rings is 8. The summed E-state index contributed by atoms with van der Waals surface area (Å²) >= 11 is 15.4. The van der Waals surface area contributed by atoms with Crippen LogP contribution in [0.2, 0.25) is 0 Å². The number of hydrogen-bond acceptors (Lipinski definition) is 10. The Hall–Kier alpha value is -1.68. The van der Waals surface area contributed by atoms with Gasteiger partial charge in [0, 0.05) is 83.2 Å².